The molecule has 1 aliphatic rings. The number of hydrogen-bond acceptors (Lipinski definition) is 5. The summed E-state index contributed by atoms with van der Waals surface area (Å²) in [6.45, 7) is 0.983. The number of amides is 3. The SMILES string of the molecule is CN(C(=O)CN1CCC[C@@H]1C(N)=O)c1ccccc1C(=O)NCc1ccco1. The van der Waals surface area contributed by atoms with Gasteiger partial charge in [-0.05, 0) is 43.7 Å². The summed E-state index contributed by atoms with van der Waals surface area (Å²) >= 11 is 0. The van der Waals surface area contributed by atoms with Crippen LogP contribution >= 0.6 is 0 Å². The van der Waals surface area contributed by atoms with Crippen molar-refractivity contribution in [2.24, 2.45) is 5.73 Å². The molecule has 148 valence electrons. The number of nitrogens with zero attached hydrogens (tertiary/aromatic N) is 2. The van der Waals surface area contributed by atoms with Crippen LogP contribution in [-0.2, 0) is 16.1 Å². The van der Waals surface area contributed by atoms with E-state index in [1.165, 1.54) is 4.90 Å². The summed E-state index contributed by atoms with van der Waals surface area (Å²) in [5.41, 5.74) is 6.31. The second-order valence-corrected chi connectivity index (χ2v) is 6.76. The van der Waals surface area contributed by atoms with Crippen molar-refractivity contribution in [2.75, 3.05) is 25.0 Å². The van der Waals surface area contributed by atoms with Crippen molar-refractivity contribution >= 4 is 23.4 Å². The average molecular weight is 384 g/mol. The lowest BCUT2D eigenvalue weighted by molar-refractivity contribution is -0.124. The molecule has 1 atom stereocenters. The fraction of sp³-hybridized carbons (Fsp3) is 0.350. The van der Waals surface area contributed by atoms with Crippen LogP contribution in [0.15, 0.2) is 47.1 Å². The minimum absolute atomic E-state index is 0.0758. The topological polar surface area (TPSA) is 109 Å². The van der Waals surface area contributed by atoms with E-state index in [0.717, 1.165) is 6.42 Å². The zero-order chi connectivity index (χ0) is 20.1. The number of likely N-dealkylation sites (tertiary alicyclic amines) is 1. The van der Waals surface area contributed by atoms with Gasteiger partial charge in [0.15, 0.2) is 0 Å². The van der Waals surface area contributed by atoms with Crippen LogP contribution in [0.1, 0.15) is 29.0 Å². The maximum Gasteiger partial charge on any atom is 0.253 e. The Bertz CT molecular complexity index is 850. The van der Waals surface area contributed by atoms with Crippen molar-refractivity contribution in [1.82, 2.24) is 10.2 Å². The zero-order valence-corrected chi connectivity index (χ0v) is 15.8. The minimum atomic E-state index is -0.413. The molecule has 3 amide bonds. The third kappa shape index (κ3) is 4.40. The van der Waals surface area contributed by atoms with Crippen molar-refractivity contribution in [1.29, 1.82) is 0 Å². The molecule has 1 aromatic carbocycles. The minimum Gasteiger partial charge on any atom is -0.467 e. The Morgan fingerprint density at radius 2 is 2.04 bits per heavy atom. The fourth-order valence-electron chi connectivity index (χ4n) is 3.39. The van der Waals surface area contributed by atoms with Crippen molar-refractivity contribution in [2.45, 2.75) is 25.4 Å². The first-order valence-electron chi connectivity index (χ1n) is 9.17. The van der Waals surface area contributed by atoms with E-state index < -0.39 is 11.9 Å². The van der Waals surface area contributed by atoms with E-state index in [4.69, 9.17) is 10.2 Å². The molecule has 1 aromatic heterocycles. The summed E-state index contributed by atoms with van der Waals surface area (Å²) in [7, 11) is 1.62. The number of nitrogens with one attached hydrogen (secondary N) is 1. The van der Waals surface area contributed by atoms with Gasteiger partial charge in [-0.1, -0.05) is 12.1 Å². The molecule has 8 heteroatoms. The summed E-state index contributed by atoms with van der Waals surface area (Å²) in [4.78, 5) is 40.2. The summed E-state index contributed by atoms with van der Waals surface area (Å²) in [6.07, 6.45) is 3.04. The number of para-hydroxylation sites is 1. The lowest BCUT2D eigenvalue weighted by Crippen LogP contribution is -2.46. The molecule has 0 unspecified atom stereocenters. The molecule has 1 saturated heterocycles. The predicted octanol–water partition coefficient (Wildman–Crippen LogP) is 1.12. The molecule has 3 N–H and O–H groups in total. The quantitative estimate of drug-likeness (QED) is 0.744. The van der Waals surface area contributed by atoms with E-state index in [1.54, 1.807) is 54.6 Å². The van der Waals surface area contributed by atoms with Crippen molar-refractivity contribution in [3.05, 3.63) is 54.0 Å². The Morgan fingerprint density at radius 1 is 1.25 bits per heavy atom. The van der Waals surface area contributed by atoms with Gasteiger partial charge in [-0.15, -0.1) is 0 Å². The van der Waals surface area contributed by atoms with Crippen LogP contribution in [0.25, 0.3) is 0 Å². The van der Waals surface area contributed by atoms with Gasteiger partial charge in [-0.25, -0.2) is 0 Å². The van der Waals surface area contributed by atoms with Crippen LogP contribution in [0.5, 0.6) is 0 Å². The number of carbonyl (C=O) groups excluding carboxylic acids is 3. The lowest BCUT2D eigenvalue weighted by Gasteiger charge is -2.26. The second-order valence-electron chi connectivity index (χ2n) is 6.76. The average Bonchev–Trinajstić information content (AvgIpc) is 3.37. The van der Waals surface area contributed by atoms with Gasteiger partial charge in [0.1, 0.15) is 5.76 Å². The molecule has 0 saturated carbocycles. The van der Waals surface area contributed by atoms with E-state index in [2.05, 4.69) is 5.32 Å². The molecule has 8 nitrogen and oxygen atoms in total. The Balaban J connectivity index is 1.69. The molecule has 0 bridgehead atoms. The Hall–Kier alpha value is -3.13. The first kappa shape index (κ1) is 19.6. The van der Waals surface area contributed by atoms with Crippen LogP contribution in [0.2, 0.25) is 0 Å². The molecule has 0 radical (unpaired) electrons. The number of furan rings is 1. The van der Waals surface area contributed by atoms with Crippen molar-refractivity contribution in [3.8, 4) is 0 Å². The number of hydrogen-bond donors (Lipinski definition) is 2. The number of rotatable bonds is 7. The Morgan fingerprint density at radius 3 is 2.75 bits per heavy atom. The smallest absolute Gasteiger partial charge is 0.253 e. The highest BCUT2D eigenvalue weighted by atomic mass is 16.3. The van der Waals surface area contributed by atoms with Crippen LogP contribution in [0.4, 0.5) is 5.69 Å². The molecule has 2 heterocycles. The number of benzene rings is 1. The molecule has 1 aliphatic heterocycles. The monoisotopic (exact) mass is 384 g/mol. The number of primary amides is 1. The largest absolute Gasteiger partial charge is 0.467 e. The maximum absolute atomic E-state index is 12.8. The first-order valence-corrected chi connectivity index (χ1v) is 9.17. The third-order valence-electron chi connectivity index (χ3n) is 4.92. The van der Waals surface area contributed by atoms with E-state index >= 15 is 0 Å². The van der Waals surface area contributed by atoms with Crippen molar-refractivity contribution < 1.29 is 18.8 Å². The summed E-state index contributed by atoms with van der Waals surface area (Å²) in [6, 6.07) is 10.0. The fourth-order valence-corrected chi connectivity index (χ4v) is 3.39. The molecule has 28 heavy (non-hydrogen) atoms. The molecule has 3 rings (SSSR count). The van der Waals surface area contributed by atoms with Gasteiger partial charge in [0.05, 0.1) is 36.6 Å². The highest BCUT2D eigenvalue weighted by Gasteiger charge is 2.31. The predicted molar refractivity (Wildman–Crippen MR) is 104 cm³/mol. The zero-order valence-electron chi connectivity index (χ0n) is 15.8. The normalized spacial score (nSPS) is 16.7. The molecule has 1 fully saturated rings. The highest BCUT2D eigenvalue weighted by Crippen LogP contribution is 2.21. The Labute approximate surface area is 163 Å². The number of carbonyl (C=O) groups is 3. The number of anilines is 1. The standard InChI is InChI=1S/C20H24N4O4/c1-23(18(25)13-24-10-4-9-17(24)19(21)26)16-8-3-2-7-15(16)20(27)22-12-14-6-5-11-28-14/h2-3,5-8,11,17H,4,9-10,12-13H2,1H3,(H2,21,26)(H,22,27)/t17-/m1/s1. The van der Waals surface area contributed by atoms with Crippen LogP contribution in [0, 0.1) is 0 Å². The molecular formula is C20H24N4O4. The van der Waals surface area contributed by atoms with Gasteiger partial charge in [-0.2, -0.15) is 0 Å². The molecular weight excluding hydrogens is 360 g/mol. The van der Waals surface area contributed by atoms with E-state index in [9.17, 15) is 14.4 Å². The molecule has 0 spiro atoms. The number of nitrogens with two attached hydrogens (primary N) is 1. The van der Waals surface area contributed by atoms with Gasteiger partial charge in [0, 0.05) is 7.05 Å². The highest BCUT2D eigenvalue weighted by molar-refractivity contribution is 6.05. The van der Waals surface area contributed by atoms with Gasteiger partial charge in [0.25, 0.3) is 5.91 Å². The van der Waals surface area contributed by atoms with E-state index in [-0.39, 0.29) is 24.9 Å². The number of likely N-dealkylation sites (N-methyl/N-ethyl adjacent to an activating group) is 1. The maximum atomic E-state index is 12.8. The summed E-state index contributed by atoms with van der Waals surface area (Å²) < 4.78 is 5.22. The van der Waals surface area contributed by atoms with Gasteiger partial charge < -0.3 is 20.4 Å². The van der Waals surface area contributed by atoms with Crippen LogP contribution in [0.3, 0.4) is 0 Å². The van der Waals surface area contributed by atoms with Crippen LogP contribution < -0.4 is 16.0 Å². The van der Waals surface area contributed by atoms with E-state index in [1.807, 2.05) is 0 Å². The third-order valence-corrected chi connectivity index (χ3v) is 4.92. The van der Waals surface area contributed by atoms with Crippen molar-refractivity contribution in [3.63, 3.8) is 0 Å². The Kier molecular flexibility index (Phi) is 6.10. The molecule has 2 aromatic rings. The van der Waals surface area contributed by atoms with Gasteiger partial charge in [0.2, 0.25) is 11.8 Å². The van der Waals surface area contributed by atoms with Gasteiger partial charge >= 0.3 is 0 Å². The van der Waals surface area contributed by atoms with Gasteiger partial charge in [-0.3, -0.25) is 19.3 Å². The summed E-state index contributed by atoms with van der Waals surface area (Å²) in [5.74, 6) is -0.283. The molecule has 0 aliphatic carbocycles. The second kappa shape index (κ2) is 8.71. The van der Waals surface area contributed by atoms with E-state index in [0.29, 0.717) is 30.0 Å². The van der Waals surface area contributed by atoms with Crippen LogP contribution in [-0.4, -0.2) is 48.8 Å². The first-order chi connectivity index (χ1) is 13.5. The summed E-state index contributed by atoms with van der Waals surface area (Å²) in [5, 5.41) is 2.79. The lowest BCUT2D eigenvalue weighted by atomic mass is 10.1.